The molecule has 0 radical (unpaired) electrons. The Hall–Kier alpha value is -1.16. The number of fused-ring (bicyclic) bond motifs is 1. The van der Waals surface area contributed by atoms with Gasteiger partial charge in [0.25, 0.3) is 0 Å². The first-order chi connectivity index (χ1) is 6.86. The summed E-state index contributed by atoms with van der Waals surface area (Å²) < 4.78 is 0. The van der Waals surface area contributed by atoms with E-state index in [9.17, 15) is 4.79 Å². The van der Waals surface area contributed by atoms with Gasteiger partial charge in [0.2, 0.25) is 0 Å². The van der Waals surface area contributed by atoms with E-state index in [1.165, 1.54) is 0 Å². The van der Waals surface area contributed by atoms with Crippen LogP contribution in [0, 0.1) is 0 Å². The van der Waals surface area contributed by atoms with Gasteiger partial charge in [-0.3, -0.25) is 5.43 Å². The number of nitrogens with one attached hydrogen (secondary N) is 1. The Bertz CT molecular complexity index is 389. The number of benzene rings is 1. The van der Waals surface area contributed by atoms with Crippen LogP contribution in [0.15, 0.2) is 29.4 Å². The van der Waals surface area contributed by atoms with Gasteiger partial charge in [-0.25, -0.2) is 0 Å². The number of carbonyl (C=O) groups excluding carboxylic acids is 1. The zero-order valence-corrected chi connectivity index (χ0v) is 8.99. The molecule has 0 aliphatic carbocycles. The second-order valence-corrected chi connectivity index (χ2v) is 3.58. The number of carbonyl (C=O) groups is 1. The lowest BCUT2D eigenvalue weighted by Crippen LogP contribution is -2.27. The lowest BCUT2D eigenvalue weighted by molar-refractivity contribution is -0.109. The zero-order valence-electron chi connectivity index (χ0n) is 7.40. The molecule has 0 bridgehead atoms. The molecule has 2 rings (SSSR count). The smallest absolute Gasteiger partial charge is 0.148 e. The molecule has 14 heavy (non-hydrogen) atoms. The maximum absolute atomic E-state index is 10.8. The second-order valence-electron chi connectivity index (χ2n) is 3.02. The van der Waals surface area contributed by atoms with Crippen molar-refractivity contribution in [2.75, 3.05) is 5.33 Å². The number of nitrogens with zero attached hydrogens (tertiary/aromatic N) is 1. The molecule has 1 heterocycles. The summed E-state index contributed by atoms with van der Waals surface area (Å²) in [6.07, 6.45) is 0.868. The fourth-order valence-electron chi connectivity index (χ4n) is 1.51. The summed E-state index contributed by atoms with van der Waals surface area (Å²) in [5, 5.41) is 4.81. The molecule has 0 amide bonds. The number of alkyl halides is 1. The predicted octanol–water partition coefficient (Wildman–Crippen LogP) is 1.63. The molecule has 1 aliphatic rings. The Morgan fingerprint density at radius 3 is 3.00 bits per heavy atom. The number of hydrogen-bond acceptors (Lipinski definition) is 3. The van der Waals surface area contributed by atoms with E-state index >= 15 is 0 Å². The molecule has 1 N–H and O–H groups in total. The number of rotatable bonds is 2. The van der Waals surface area contributed by atoms with Crippen LogP contribution < -0.4 is 5.43 Å². The number of hydrogen-bond donors (Lipinski definition) is 1. The highest BCUT2D eigenvalue weighted by Gasteiger charge is 2.20. The normalized spacial score (nSPS) is 19.2. The molecule has 1 aliphatic heterocycles. The zero-order chi connectivity index (χ0) is 9.97. The summed E-state index contributed by atoms with van der Waals surface area (Å²) >= 11 is 3.36. The summed E-state index contributed by atoms with van der Waals surface area (Å²) in [7, 11) is 0. The van der Waals surface area contributed by atoms with Crippen LogP contribution in [0.4, 0.5) is 0 Å². The molecule has 1 atom stereocenters. The van der Waals surface area contributed by atoms with Crippen molar-refractivity contribution >= 4 is 27.9 Å². The summed E-state index contributed by atoms with van der Waals surface area (Å²) in [5.41, 5.74) is 5.78. The van der Waals surface area contributed by atoms with E-state index < -0.39 is 0 Å². The minimum absolute atomic E-state index is 0.311. The van der Waals surface area contributed by atoms with E-state index in [-0.39, 0.29) is 6.04 Å². The van der Waals surface area contributed by atoms with Crippen molar-refractivity contribution in [3.05, 3.63) is 35.4 Å². The third-order valence-electron chi connectivity index (χ3n) is 2.21. The molecule has 0 saturated carbocycles. The van der Waals surface area contributed by atoms with E-state index in [1.54, 1.807) is 0 Å². The number of hydrazone groups is 1. The van der Waals surface area contributed by atoms with Crippen molar-refractivity contribution in [1.82, 2.24) is 5.43 Å². The van der Waals surface area contributed by atoms with Gasteiger partial charge in [-0.15, -0.1) is 0 Å². The fraction of sp³-hybridized carbons (Fsp3) is 0.200. The predicted molar refractivity (Wildman–Crippen MR) is 58.7 cm³/mol. The van der Waals surface area contributed by atoms with Crippen molar-refractivity contribution in [3.8, 4) is 0 Å². The molecule has 0 saturated heterocycles. The molecular formula is C10H9BrN2O. The lowest BCUT2D eigenvalue weighted by atomic mass is 9.97. The van der Waals surface area contributed by atoms with Gasteiger partial charge >= 0.3 is 0 Å². The monoisotopic (exact) mass is 252 g/mol. The average molecular weight is 253 g/mol. The largest absolute Gasteiger partial charge is 0.301 e. The van der Waals surface area contributed by atoms with Crippen LogP contribution >= 0.6 is 15.9 Å². The maximum Gasteiger partial charge on any atom is 0.148 e. The summed E-state index contributed by atoms with van der Waals surface area (Å²) in [6.45, 7) is 0. The van der Waals surface area contributed by atoms with E-state index in [2.05, 4.69) is 26.5 Å². The van der Waals surface area contributed by atoms with Gasteiger partial charge in [0.15, 0.2) is 0 Å². The van der Waals surface area contributed by atoms with Crippen LogP contribution in [0.3, 0.4) is 0 Å². The summed E-state index contributed by atoms with van der Waals surface area (Å²) in [6, 6.07) is 7.48. The van der Waals surface area contributed by atoms with E-state index in [4.69, 9.17) is 0 Å². The Balaban J connectivity index is 2.52. The Labute approximate surface area is 90.3 Å². The average Bonchev–Trinajstić information content (AvgIpc) is 2.27. The Morgan fingerprint density at radius 1 is 1.50 bits per heavy atom. The SMILES string of the molecule is O=CC1NN=C(CBr)c2ccccc21. The highest BCUT2D eigenvalue weighted by atomic mass is 79.9. The highest BCUT2D eigenvalue weighted by Crippen LogP contribution is 2.21. The van der Waals surface area contributed by atoms with Crippen LogP contribution in [-0.4, -0.2) is 17.3 Å². The molecule has 4 heteroatoms. The van der Waals surface area contributed by atoms with Gasteiger partial charge in [0.05, 0.1) is 5.71 Å². The first-order valence-electron chi connectivity index (χ1n) is 4.29. The third kappa shape index (κ3) is 1.46. The molecule has 0 fully saturated rings. The van der Waals surface area contributed by atoms with Gasteiger partial charge < -0.3 is 4.79 Å². The minimum atomic E-state index is -0.311. The number of halogens is 1. The van der Waals surface area contributed by atoms with Gasteiger partial charge in [-0.1, -0.05) is 40.2 Å². The molecular weight excluding hydrogens is 244 g/mol. The number of aldehydes is 1. The van der Waals surface area contributed by atoms with E-state index in [0.29, 0.717) is 5.33 Å². The van der Waals surface area contributed by atoms with Crippen LogP contribution in [0.2, 0.25) is 0 Å². The quantitative estimate of drug-likeness (QED) is 0.642. The van der Waals surface area contributed by atoms with Crippen molar-refractivity contribution in [2.24, 2.45) is 5.10 Å². The van der Waals surface area contributed by atoms with Crippen LogP contribution in [-0.2, 0) is 4.79 Å². The van der Waals surface area contributed by atoms with Gasteiger partial charge in [-0.05, 0) is 5.56 Å². The molecule has 72 valence electrons. The van der Waals surface area contributed by atoms with Crippen molar-refractivity contribution in [1.29, 1.82) is 0 Å². The summed E-state index contributed by atoms with van der Waals surface area (Å²) in [4.78, 5) is 10.8. The first kappa shape index (κ1) is 9.40. The van der Waals surface area contributed by atoms with E-state index in [1.807, 2.05) is 24.3 Å². The van der Waals surface area contributed by atoms with Crippen molar-refractivity contribution in [2.45, 2.75) is 6.04 Å². The molecule has 3 nitrogen and oxygen atoms in total. The van der Waals surface area contributed by atoms with Crippen LogP contribution in [0.25, 0.3) is 0 Å². The highest BCUT2D eigenvalue weighted by molar-refractivity contribution is 9.09. The van der Waals surface area contributed by atoms with Gasteiger partial charge in [0, 0.05) is 10.9 Å². The fourth-order valence-corrected chi connectivity index (χ4v) is 1.94. The van der Waals surface area contributed by atoms with Crippen molar-refractivity contribution in [3.63, 3.8) is 0 Å². The maximum atomic E-state index is 10.8. The first-order valence-corrected chi connectivity index (χ1v) is 5.41. The Morgan fingerprint density at radius 2 is 2.29 bits per heavy atom. The molecule has 0 aromatic heterocycles. The standard InChI is InChI=1S/C10H9BrN2O/c11-5-9-7-3-1-2-4-8(7)10(6-14)13-12-9/h1-4,6,10,13H,5H2. The van der Waals surface area contributed by atoms with Crippen molar-refractivity contribution < 1.29 is 4.79 Å². The third-order valence-corrected chi connectivity index (χ3v) is 2.74. The molecule has 1 aromatic rings. The van der Waals surface area contributed by atoms with Gasteiger partial charge in [-0.2, -0.15) is 5.10 Å². The molecule has 0 spiro atoms. The second kappa shape index (κ2) is 3.92. The topological polar surface area (TPSA) is 41.5 Å². The van der Waals surface area contributed by atoms with Crippen LogP contribution in [0.5, 0.6) is 0 Å². The van der Waals surface area contributed by atoms with Gasteiger partial charge in [0.1, 0.15) is 12.3 Å². The lowest BCUT2D eigenvalue weighted by Gasteiger charge is -2.21. The van der Waals surface area contributed by atoms with E-state index in [0.717, 1.165) is 23.1 Å². The Kier molecular flexibility index (Phi) is 2.63. The van der Waals surface area contributed by atoms with Crippen LogP contribution in [0.1, 0.15) is 17.2 Å². The minimum Gasteiger partial charge on any atom is -0.301 e. The summed E-state index contributed by atoms with van der Waals surface area (Å²) in [5.74, 6) is 0. The molecule has 1 aromatic carbocycles. The molecule has 1 unspecified atom stereocenters.